The molecule has 1 aliphatic heterocycles. The van der Waals surface area contributed by atoms with E-state index in [1.54, 1.807) is 27.7 Å². The summed E-state index contributed by atoms with van der Waals surface area (Å²) in [5.74, 6) is -1.10. The van der Waals surface area contributed by atoms with Gasteiger partial charge >= 0.3 is 5.97 Å². The second-order valence-electron chi connectivity index (χ2n) is 5.10. The van der Waals surface area contributed by atoms with Crippen molar-refractivity contribution in [3.8, 4) is 0 Å². The average molecular weight is 241 g/mol. The number of likely N-dealkylation sites (tertiary alicyclic amines) is 1. The quantitative estimate of drug-likeness (QED) is 0.683. The van der Waals surface area contributed by atoms with Crippen LogP contribution in [0.5, 0.6) is 0 Å². The van der Waals surface area contributed by atoms with Gasteiger partial charge in [-0.3, -0.25) is 14.5 Å². The Kier molecular flexibility index (Phi) is 3.91. The molecule has 0 saturated carbocycles. The summed E-state index contributed by atoms with van der Waals surface area (Å²) in [5, 5.41) is 0. The van der Waals surface area contributed by atoms with Gasteiger partial charge in [0.2, 0.25) is 11.8 Å². The van der Waals surface area contributed by atoms with Crippen LogP contribution in [0.3, 0.4) is 0 Å². The topological polar surface area (TPSA) is 63.7 Å². The van der Waals surface area contributed by atoms with Crippen LogP contribution in [-0.2, 0) is 19.1 Å². The Hall–Kier alpha value is -1.39. The molecule has 1 rings (SSSR count). The van der Waals surface area contributed by atoms with E-state index < -0.39 is 17.6 Å². The molecule has 0 aromatic rings. The maximum absolute atomic E-state index is 11.9. The Morgan fingerprint density at radius 1 is 1.41 bits per heavy atom. The molecule has 1 heterocycles. The molecule has 0 aromatic carbocycles. The van der Waals surface area contributed by atoms with Gasteiger partial charge in [0.15, 0.2) is 0 Å². The number of carbonyl (C=O) groups excluding carboxylic acids is 3. The van der Waals surface area contributed by atoms with Crippen molar-refractivity contribution < 1.29 is 19.1 Å². The number of hydrogen-bond acceptors (Lipinski definition) is 4. The Bertz CT molecular complexity index is 343. The molecule has 0 aliphatic carbocycles. The number of amides is 2. The number of esters is 1. The van der Waals surface area contributed by atoms with E-state index in [4.69, 9.17) is 4.74 Å². The van der Waals surface area contributed by atoms with Crippen molar-refractivity contribution in [1.82, 2.24) is 4.90 Å². The summed E-state index contributed by atoms with van der Waals surface area (Å²) < 4.78 is 5.21. The molecule has 96 valence electrons. The smallest absolute Gasteiger partial charge is 0.329 e. The first-order valence-electron chi connectivity index (χ1n) is 5.84. The summed E-state index contributed by atoms with van der Waals surface area (Å²) in [6, 6.07) is -0.742. The molecular weight excluding hydrogens is 222 g/mol. The highest BCUT2D eigenvalue weighted by Crippen LogP contribution is 2.22. The second kappa shape index (κ2) is 4.85. The van der Waals surface area contributed by atoms with Gasteiger partial charge in [-0.2, -0.15) is 0 Å². The maximum atomic E-state index is 11.9. The standard InChI is InChI=1S/C12H19NO4/c1-5-9(14)13-8(6-7-10(13)15)11(16)17-12(2,3)4/h8H,5-7H2,1-4H3. The van der Waals surface area contributed by atoms with Crippen LogP contribution in [0.4, 0.5) is 0 Å². The summed E-state index contributed by atoms with van der Waals surface area (Å²) >= 11 is 0. The lowest BCUT2D eigenvalue weighted by Gasteiger charge is -2.26. The van der Waals surface area contributed by atoms with Crippen molar-refractivity contribution in [1.29, 1.82) is 0 Å². The van der Waals surface area contributed by atoms with Crippen molar-refractivity contribution in [3.63, 3.8) is 0 Å². The van der Waals surface area contributed by atoms with Gasteiger partial charge in [-0.25, -0.2) is 4.79 Å². The SMILES string of the molecule is CCC(=O)N1C(=O)CCC1C(=O)OC(C)(C)C. The zero-order valence-corrected chi connectivity index (χ0v) is 10.8. The van der Waals surface area contributed by atoms with Gasteiger partial charge in [0.25, 0.3) is 0 Å². The van der Waals surface area contributed by atoms with Gasteiger partial charge < -0.3 is 4.74 Å². The fraction of sp³-hybridized carbons (Fsp3) is 0.750. The van der Waals surface area contributed by atoms with Crippen LogP contribution in [0.1, 0.15) is 47.0 Å². The van der Waals surface area contributed by atoms with E-state index >= 15 is 0 Å². The Labute approximate surface area is 101 Å². The summed E-state index contributed by atoms with van der Waals surface area (Å²) in [6.45, 7) is 6.94. The van der Waals surface area contributed by atoms with Gasteiger partial charge in [-0.1, -0.05) is 6.92 Å². The minimum atomic E-state index is -0.742. The Balaban J connectivity index is 2.79. The first kappa shape index (κ1) is 13.7. The molecule has 5 nitrogen and oxygen atoms in total. The third-order valence-electron chi connectivity index (χ3n) is 2.46. The van der Waals surface area contributed by atoms with E-state index in [9.17, 15) is 14.4 Å². The molecule has 2 amide bonds. The molecule has 0 spiro atoms. The van der Waals surface area contributed by atoms with Crippen LogP contribution in [0, 0.1) is 0 Å². The molecule has 1 saturated heterocycles. The molecule has 0 N–H and O–H groups in total. The first-order valence-corrected chi connectivity index (χ1v) is 5.84. The Morgan fingerprint density at radius 2 is 2.00 bits per heavy atom. The van der Waals surface area contributed by atoms with Crippen molar-refractivity contribution in [2.24, 2.45) is 0 Å². The van der Waals surface area contributed by atoms with Gasteiger partial charge in [0, 0.05) is 12.8 Å². The van der Waals surface area contributed by atoms with E-state index in [1.807, 2.05) is 0 Å². The number of ether oxygens (including phenoxy) is 1. The van der Waals surface area contributed by atoms with E-state index in [0.717, 1.165) is 4.90 Å². The lowest BCUT2D eigenvalue weighted by Crippen LogP contribution is -2.45. The molecule has 0 bridgehead atoms. The second-order valence-corrected chi connectivity index (χ2v) is 5.10. The Morgan fingerprint density at radius 3 is 2.47 bits per heavy atom. The van der Waals surface area contributed by atoms with Crippen LogP contribution < -0.4 is 0 Å². The molecule has 0 radical (unpaired) electrons. The molecule has 17 heavy (non-hydrogen) atoms. The maximum Gasteiger partial charge on any atom is 0.329 e. The van der Waals surface area contributed by atoms with Gasteiger partial charge in [0.05, 0.1) is 0 Å². The monoisotopic (exact) mass is 241 g/mol. The van der Waals surface area contributed by atoms with Crippen LogP contribution in [0.25, 0.3) is 0 Å². The van der Waals surface area contributed by atoms with Gasteiger partial charge in [0.1, 0.15) is 11.6 Å². The normalized spacial score (nSPS) is 20.6. The zero-order chi connectivity index (χ0) is 13.2. The fourth-order valence-electron chi connectivity index (χ4n) is 1.76. The number of imide groups is 1. The molecule has 1 aliphatic rings. The average Bonchev–Trinajstić information content (AvgIpc) is 2.56. The van der Waals surface area contributed by atoms with Crippen LogP contribution in [-0.4, -0.2) is 34.3 Å². The lowest BCUT2D eigenvalue weighted by atomic mass is 10.1. The van der Waals surface area contributed by atoms with E-state index in [2.05, 4.69) is 0 Å². The highest BCUT2D eigenvalue weighted by molar-refractivity contribution is 6.01. The number of hydrogen-bond donors (Lipinski definition) is 0. The molecular formula is C12H19NO4. The third-order valence-corrected chi connectivity index (χ3v) is 2.46. The zero-order valence-electron chi connectivity index (χ0n) is 10.8. The van der Waals surface area contributed by atoms with E-state index in [-0.39, 0.29) is 24.7 Å². The summed E-state index contributed by atoms with van der Waals surface area (Å²) in [5.41, 5.74) is -0.607. The van der Waals surface area contributed by atoms with Crippen LogP contribution in [0.2, 0.25) is 0 Å². The molecule has 1 unspecified atom stereocenters. The largest absolute Gasteiger partial charge is 0.458 e. The van der Waals surface area contributed by atoms with Crippen LogP contribution >= 0.6 is 0 Å². The minimum Gasteiger partial charge on any atom is -0.458 e. The number of nitrogens with zero attached hydrogens (tertiary/aromatic N) is 1. The molecule has 0 aromatic heterocycles. The number of rotatable bonds is 2. The fourth-order valence-corrected chi connectivity index (χ4v) is 1.76. The molecule has 1 fully saturated rings. The van der Waals surface area contributed by atoms with Crippen molar-refractivity contribution in [2.45, 2.75) is 58.6 Å². The highest BCUT2D eigenvalue weighted by Gasteiger charge is 2.41. The lowest BCUT2D eigenvalue weighted by molar-refractivity contribution is -0.165. The highest BCUT2D eigenvalue weighted by atomic mass is 16.6. The minimum absolute atomic E-state index is 0.213. The van der Waals surface area contributed by atoms with Gasteiger partial charge in [-0.05, 0) is 27.2 Å². The summed E-state index contributed by atoms with van der Waals surface area (Å²) in [7, 11) is 0. The third kappa shape index (κ3) is 3.28. The molecule has 1 atom stereocenters. The van der Waals surface area contributed by atoms with Crippen LogP contribution in [0.15, 0.2) is 0 Å². The van der Waals surface area contributed by atoms with Gasteiger partial charge in [-0.15, -0.1) is 0 Å². The summed E-state index contributed by atoms with van der Waals surface area (Å²) in [6.07, 6.45) is 0.806. The molecule has 5 heteroatoms. The number of carbonyl (C=O) groups is 3. The van der Waals surface area contributed by atoms with Crippen molar-refractivity contribution in [2.75, 3.05) is 0 Å². The summed E-state index contributed by atoms with van der Waals surface area (Å²) in [4.78, 5) is 36.1. The predicted molar refractivity (Wildman–Crippen MR) is 61.0 cm³/mol. The first-order chi connectivity index (χ1) is 7.76. The van der Waals surface area contributed by atoms with Crippen molar-refractivity contribution in [3.05, 3.63) is 0 Å². The van der Waals surface area contributed by atoms with E-state index in [1.165, 1.54) is 0 Å². The predicted octanol–water partition coefficient (Wildman–Crippen LogP) is 1.26. The van der Waals surface area contributed by atoms with E-state index in [0.29, 0.717) is 6.42 Å². The van der Waals surface area contributed by atoms with Crippen molar-refractivity contribution >= 4 is 17.8 Å².